The average Bonchev–Trinajstić information content (AvgIpc) is 3.47. The molecule has 1 saturated heterocycles. The van der Waals surface area contributed by atoms with Crippen molar-refractivity contribution < 1.29 is 4.39 Å². The predicted molar refractivity (Wildman–Crippen MR) is 97.5 cm³/mol. The lowest BCUT2D eigenvalue weighted by atomic mass is 10.2. The van der Waals surface area contributed by atoms with Gasteiger partial charge in [-0.1, -0.05) is 0 Å². The summed E-state index contributed by atoms with van der Waals surface area (Å²) in [5.41, 5.74) is 1.19. The first-order chi connectivity index (χ1) is 13.1. The maximum atomic E-state index is 14.0. The van der Waals surface area contributed by atoms with E-state index < -0.39 is 11.4 Å². The molecule has 1 N–H and O–H groups in total. The second-order valence-corrected chi connectivity index (χ2v) is 7.06. The normalized spacial score (nSPS) is 17.7. The number of piperazine rings is 1. The first-order valence-corrected chi connectivity index (χ1v) is 9.03. The first kappa shape index (κ1) is 16.2. The lowest BCUT2D eigenvalue weighted by molar-refractivity contribution is 0.570. The molecule has 1 aliphatic carbocycles. The van der Waals surface area contributed by atoms with Crippen molar-refractivity contribution in [2.75, 3.05) is 36.0 Å². The molecule has 1 saturated carbocycles. The van der Waals surface area contributed by atoms with E-state index in [4.69, 9.17) is 0 Å². The van der Waals surface area contributed by atoms with Gasteiger partial charge < -0.3 is 14.4 Å². The van der Waals surface area contributed by atoms with Crippen molar-refractivity contribution in [3.8, 4) is 0 Å². The molecule has 2 aliphatic rings. The number of aryl methyl sites for hydroxylation is 1. The number of anilines is 2. The highest BCUT2D eigenvalue weighted by molar-refractivity contribution is 5.83. The molecule has 2 fully saturated rings. The van der Waals surface area contributed by atoms with Gasteiger partial charge in [-0.05, 0) is 12.8 Å². The molecule has 0 atom stereocenters. The minimum Gasteiger partial charge on any atom is -0.351 e. The largest absolute Gasteiger partial charge is 0.351 e. The molecule has 0 spiro atoms. The van der Waals surface area contributed by atoms with Crippen molar-refractivity contribution in [3.63, 3.8) is 0 Å². The van der Waals surface area contributed by atoms with Gasteiger partial charge in [-0.15, -0.1) is 0 Å². The van der Waals surface area contributed by atoms with Crippen LogP contribution in [0.1, 0.15) is 24.5 Å². The van der Waals surface area contributed by atoms with Gasteiger partial charge in [0.15, 0.2) is 17.0 Å². The van der Waals surface area contributed by atoms with Gasteiger partial charge in [0.25, 0.3) is 5.56 Å². The van der Waals surface area contributed by atoms with Crippen LogP contribution < -0.4 is 15.4 Å². The summed E-state index contributed by atoms with van der Waals surface area (Å²) in [5, 5.41) is 0. The number of H-pyrrole nitrogens is 1. The summed E-state index contributed by atoms with van der Waals surface area (Å²) in [6.45, 7) is 2.69. The van der Waals surface area contributed by atoms with Gasteiger partial charge in [-0.2, -0.15) is 4.39 Å². The molecule has 3 aromatic heterocycles. The smallest absolute Gasteiger partial charge is 0.288 e. The summed E-state index contributed by atoms with van der Waals surface area (Å²) in [6, 6.07) is 0. The highest BCUT2D eigenvalue weighted by Crippen LogP contribution is 2.39. The van der Waals surface area contributed by atoms with Crippen LogP contribution in [0.5, 0.6) is 0 Å². The van der Waals surface area contributed by atoms with E-state index in [9.17, 15) is 9.18 Å². The van der Waals surface area contributed by atoms with Crippen molar-refractivity contribution in [3.05, 3.63) is 34.5 Å². The molecule has 4 heterocycles. The van der Waals surface area contributed by atoms with Gasteiger partial charge in [0.05, 0.1) is 12.0 Å². The van der Waals surface area contributed by atoms with Crippen LogP contribution in [0.25, 0.3) is 11.2 Å². The zero-order valence-corrected chi connectivity index (χ0v) is 14.9. The lowest BCUT2D eigenvalue weighted by Gasteiger charge is -2.35. The molecule has 3 aromatic rings. The van der Waals surface area contributed by atoms with E-state index in [-0.39, 0.29) is 5.92 Å². The zero-order chi connectivity index (χ0) is 18.5. The fourth-order valence-electron chi connectivity index (χ4n) is 3.54. The van der Waals surface area contributed by atoms with Crippen LogP contribution in [0.4, 0.5) is 16.2 Å². The Morgan fingerprint density at radius 3 is 2.59 bits per heavy atom. The molecule has 27 heavy (non-hydrogen) atoms. The van der Waals surface area contributed by atoms with Crippen LogP contribution in [0.15, 0.2) is 17.4 Å². The van der Waals surface area contributed by atoms with Gasteiger partial charge in [0.1, 0.15) is 6.33 Å². The molecule has 10 heteroatoms. The van der Waals surface area contributed by atoms with Gasteiger partial charge >= 0.3 is 0 Å². The van der Waals surface area contributed by atoms with Crippen LogP contribution in [-0.2, 0) is 7.05 Å². The van der Waals surface area contributed by atoms with E-state index in [1.165, 1.54) is 0 Å². The maximum Gasteiger partial charge on any atom is 0.288 e. The number of aromatic nitrogens is 6. The molecule has 0 bridgehead atoms. The molecular formula is C17H19FN8O. The highest BCUT2D eigenvalue weighted by atomic mass is 19.1. The van der Waals surface area contributed by atoms with Gasteiger partial charge in [-0.3, -0.25) is 9.78 Å². The Bertz CT molecular complexity index is 1060. The van der Waals surface area contributed by atoms with E-state index in [0.717, 1.165) is 29.8 Å². The number of hydrogen-bond acceptors (Lipinski definition) is 7. The summed E-state index contributed by atoms with van der Waals surface area (Å²) in [4.78, 5) is 36.2. The first-order valence-electron chi connectivity index (χ1n) is 9.03. The third kappa shape index (κ3) is 2.71. The molecule has 140 valence electrons. The summed E-state index contributed by atoms with van der Waals surface area (Å²) < 4.78 is 15.9. The van der Waals surface area contributed by atoms with E-state index in [1.54, 1.807) is 12.7 Å². The zero-order valence-electron chi connectivity index (χ0n) is 14.9. The monoisotopic (exact) mass is 370 g/mol. The van der Waals surface area contributed by atoms with Crippen LogP contribution in [-0.4, -0.2) is 55.7 Å². The second kappa shape index (κ2) is 6.00. The van der Waals surface area contributed by atoms with Gasteiger partial charge in [-0.25, -0.2) is 19.9 Å². The van der Waals surface area contributed by atoms with Crippen molar-refractivity contribution in [2.24, 2.45) is 7.05 Å². The Morgan fingerprint density at radius 2 is 1.85 bits per heavy atom. The minimum atomic E-state index is -0.738. The lowest BCUT2D eigenvalue weighted by Crippen LogP contribution is -2.48. The number of nitrogens with one attached hydrogen (secondary N) is 1. The summed E-state index contributed by atoms with van der Waals surface area (Å²) in [7, 11) is 1.90. The molecular weight excluding hydrogens is 351 g/mol. The molecule has 0 aromatic carbocycles. The number of nitrogens with zero attached hydrogens (tertiary/aromatic N) is 7. The number of halogens is 1. The molecule has 0 unspecified atom stereocenters. The molecule has 0 radical (unpaired) electrons. The molecule has 0 amide bonds. The quantitative estimate of drug-likeness (QED) is 0.728. The van der Waals surface area contributed by atoms with Crippen molar-refractivity contribution in [2.45, 2.75) is 18.8 Å². The average molecular weight is 370 g/mol. The van der Waals surface area contributed by atoms with E-state index in [1.807, 2.05) is 16.5 Å². The number of aromatic amines is 1. The standard InChI is InChI=1S/C17H19FN8O/c1-24-9-21-13-14(24)19-8-20-15(13)25-4-6-26(7-5-25)17-22-12(10-2-3-10)11(18)16(27)23-17/h8-10H,2-7H2,1H3,(H,22,23,27). The van der Waals surface area contributed by atoms with Crippen LogP contribution in [0.3, 0.4) is 0 Å². The Hall–Kier alpha value is -3.04. The Labute approximate surface area is 153 Å². The Morgan fingerprint density at radius 1 is 1.11 bits per heavy atom. The number of fused-ring (bicyclic) bond motifs is 1. The third-order valence-corrected chi connectivity index (χ3v) is 5.20. The fourth-order valence-corrected chi connectivity index (χ4v) is 3.54. The van der Waals surface area contributed by atoms with E-state index in [0.29, 0.717) is 37.8 Å². The van der Waals surface area contributed by atoms with Gasteiger partial charge in [0.2, 0.25) is 11.8 Å². The summed E-state index contributed by atoms with van der Waals surface area (Å²) >= 11 is 0. The van der Waals surface area contributed by atoms with Crippen LogP contribution in [0.2, 0.25) is 0 Å². The topological polar surface area (TPSA) is 95.8 Å². The Kier molecular flexibility index (Phi) is 3.59. The predicted octanol–water partition coefficient (Wildman–Crippen LogP) is 0.790. The van der Waals surface area contributed by atoms with Crippen LogP contribution >= 0.6 is 0 Å². The van der Waals surface area contributed by atoms with Crippen LogP contribution in [0, 0.1) is 5.82 Å². The molecule has 1 aliphatic heterocycles. The number of rotatable bonds is 3. The fraction of sp³-hybridized carbons (Fsp3) is 0.471. The summed E-state index contributed by atoms with van der Waals surface area (Å²) in [5.74, 6) is 0.609. The molecule has 9 nitrogen and oxygen atoms in total. The van der Waals surface area contributed by atoms with Crippen molar-refractivity contribution >= 4 is 22.9 Å². The van der Waals surface area contributed by atoms with E-state index >= 15 is 0 Å². The SMILES string of the molecule is Cn1cnc2c(N3CCN(c4nc(C5CC5)c(F)c(=O)[nH]4)CC3)ncnc21. The van der Waals surface area contributed by atoms with E-state index in [2.05, 4.69) is 29.8 Å². The minimum absolute atomic E-state index is 0.0887. The molecule has 5 rings (SSSR count). The second-order valence-electron chi connectivity index (χ2n) is 7.06. The third-order valence-electron chi connectivity index (χ3n) is 5.20. The van der Waals surface area contributed by atoms with Crippen molar-refractivity contribution in [1.29, 1.82) is 0 Å². The summed E-state index contributed by atoms with van der Waals surface area (Å²) in [6.07, 6.45) is 5.07. The number of hydrogen-bond donors (Lipinski definition) is 1. The van der Waals surface area contributed by atoms with Crippen molar-refractivity contribution in [1.82, 2.24) is 29.5 Å². The van der Waals surface area contributed by atoms with Gasteiger partial charge in [0, 0.05) is 39.1 Å². The maximum absolute atomic E-state index is 14.0. The number of imidazole rings is 1. The Balaban J connectivity index is 1.38. The highest BCUT2D eigenvalue weighted by Gasteiger charge is 2.31.